The van der Waals surface area contributed by atoms with E-state index in [1.165, 1.54) is 12.3 Å². The number of hydrogen-bond acceptors (Lipinski definition) is 4. The molecule has 0 saturated carbocycles. The number of nitrogens with two attached hydrogens (primary N) is 1. The SMILES string of the molecule is N#Cc1cccnc1Sc1c(F)cc(N)cc1F. The van der Waals surface area contributed by atoms with Crippen molar-refractivity contribution in [2.75, 3.05) is 5.73 Å². The number of nitrogen functional groups attached to an aromatic ring is 1. The molecule has 0 fully saturated rings. The maximum atomic E-state index is 13.6. The summed E-state index contributed by atoms with van der Waals surface area (Å²) in [4.78, 5) is 3.70. The fourth-order valence-electron chi connectivity index (χ4n) is 1.33. The lowest BCUT2D eigenvalue weighted by atomic mass is 10.3. The van der Waals surface area contributed by atoms with Crippen molar-refractivity contribution in [3.05, 3.63) is 47.7 Å². The van der Waals surface area contributed by atoms with Crippen LogP contribution in [0.15, 0.2) is 40.4 Å². The van der Waals surface area contributed by atoms with Crippen molar-refractivity contribution in [1.29, 1.82) is 5.26 Å². The van der Waals surface area contributed by atoms with Gasteiger partial charge < -0.3 is 5.73 Å². The molecule has 2 N–H and O–H groups in total. The fraction of sp³-hybridized carbons (Fsp3) is 0. The van der Waals surface area contributed by atoms with Gasteiger partial charge in [-0.25, -0.2) is 13.8 Å². The van der Waals surface area contributed by atoms with Gasteiger partial charge in [0.15, 0.2) is 0 Å². The summed E-state index contributed by atoms with van der Waals surface area (Å²) in [6.45, 7) is 0. The molecular weight excluding hydrogens is 256 g/mol. The van der Waals surface area contributed by atoms with Crippen LogP contribution in [0.4, 0.5) is 14.5 Å². The van der Waals surface area contributed by atoms with Gasteiger partial charge in [-0.05, 0) is 24.3 Å². The van der Waals surface area contributed by atoms with Gasteiger partial charge in [0.1, 0.15) is 22.7 Å². The molecule has 18 heavy (non-hydrogen) atoms. The Hall–Kier alpha value is -2.13. The van der Waals surface area contributed by atoms with Crippen LogP contribution in [0.2, 0.25) is 0 Å². The van der Waals surface area contributed by atoms with Crippen LogP contribution in [0.1, 0.15) is 5.56 Å². The zero-order chi connectivity index (χ0) is 13.1. The summed E-state index contributed by atoms with van der Waals surface area (Å²) in [6.07, 6.45) is 1.45. The number of anilines is 1. The molecule has 1 heterocycles. The van der Waals surface area contributed by atoms with E-state index in [0.717, 1.165) is 23.9 Å². The number of benzene rings is 1. The van der Waals surface area contributed by atoms with Crippen LogP contribution < -0.4 is 5.73 Å². The molecular formula is C12H7F2N3S. The average molecular weight is 263 g/mol. The first-order valence-corrected chi connectivity index (χ1v) is 5.71. The van der Waals surface area contributed by atoms with Crippen LogP contribution in [0.5, 0.6) is 0 Å². The van der Waals surface area contributed by atoms with Gasteiger partial charge in [-0.3, -0.25) is 0 Å². The second kappa shape index (κ2) is 5.02. The second-order valence-corrected chi connectivity index (χ2v) is 4.38. The van der Waals surface area contributed by atoms with Gasteiger partial charge in [-0.1, -0.05) is 11.8 Å². The van der Waals surface area contributed by atoms with Crippen LogP contribution in [0.3, 0.4) is 0 Å². The van der Waals surface area contributed by atoms with E-state index in [2.05, 4.69) is 4.98 Å². The van der Waals surface area contributed by atoms with Crippen LogP contribution >= 0.6 is 11.8 Å². The monoisotopic (exact) mass is 263 g/mol. The molecule has 0 saturated heterocycles. The first-order valence-electron chi connectivity index (χ1n) is 4.89. The lowest BCUT2D eigenvalue weighted by Crippen LogP contribution is -1.94. The van der Waals surface area contributed by atoms with Gasteiger partial charge in [0.2, 0.25) is 0 Å². The molecule has 0 unspecified atom stereocenters. The highest BCUT2D eigenvalue weighted by molar-refractivity contribution is 7.99. The van der Waals surface area contributed by atoms with Gasteiger partial charge in [-0.15, -0.1) is 0 Å². The van der Waals surface area contributed by atoms with Gasteiger partial charge in [0, 0.05) is 11.9 Å². The summed E-state index contributed by atoms with van der Waals surface area (Å²) in [5.41, 5.74) is 5.59. The summed E-state index contributed by atoms with van der Waals surface area (Å²) in [5.74, 6) is -1.54. The lowest BCUT2D eigenvalue weighted by molar-refractivity contribution is 0.541. The van der Waals surface area contributed by atoms with E-state index in [1.807, 2.05) is 6.07 Å². The third kappa shape index (κ3) is 2.41. The summed E-state index contributed by atoms with van der Waals surface area (Å²) in [5, 5.41) is 9.12. The van der Waals surface area contributed by atoms with E-state index < -0.39 is 11.6 Å². The second-order valence-electron chi connectivity index (χ2n) is 3.38. The minimum Gasteiger partial charge on any atom is -0.399 e. The van der Waals surface area contributed by atoms with Crippen LogP contribution in [-0.2, 0) is 0 Å². The van der Waals surface area contributed by atoms with Crippen molar-refractivity contribution in [2.24, 2.45) is 0 Å². The Kier molecular flexibility index (Phi) is 3.44. The molecule has 0 aliphatic rings. The lowest BCUT2D eigenvalue weighted by Gasteiger charge is -2.06. The molecule has 0 amide bonds. The molecule has 1 aromatic carbocycles. The molecule has 0 radical (unpaired) electrons. The first-order chi connectivity index (χ1) is 8.61. The number of pyridine rings is 1. The molecule has 1 aromatic heterocycles. The van der Waals surface area contributed by atoms with E-state index in [4.69, 9.17) is 11.0 Å². The number of rotatable bonds is 2. The fourth-order valence-corrected chi connectivity index (χ4v) is 2.17. The maximum absolute atomic E-state index is 13.6. The quantitative estimate of drug-likeness (QED) is 0.846. The normalized spacial score (nSPS) is 10.1. The Morgan fingerprint density at radius 3 is 2.56 bits per heavy atom. The van der Waals surface area contributed by atoms with Crippen molar-refractivity contribution in [3.63, 3.8) is 0 Å². The molecule has 6 heteroatoms. The highest BCUT2D eigenvalue weighted by Crippen LogP contribution is 2.33. The Labute approximate surface area is 106 Å². The van der Waals surface area contributed by atoms with E-state index in [1.54, 1.807) is 6.07 Å². The molecule has 3 nitrogen and oxygen atoms in total. The maximum Gasteiger partial charge on any atom is 0.142 e. The Bertz CT molecular complexity index is 614. The third-order valence-electron chi connectivity index (χ3n) is 2.11. The van der Waals surface area contributed by atoms with Gasteiger partial charge in [0.25, 0.3) is 0 Å². The van der Waals surface area contributed by atoms with E-state index in [0.29, 0.717) is 0 Å². The summed E-state index contributed by atoms with van der Waals surface area (Å²) >= 11 is 0.762. The van der Waals surface area contributed by atoms with Crippen molar-refractivity contribution in [1.82, 2.24) is 4.98 Å². The summed E-state index contributed by atoms with van der Waals surface area (Å²) < 4.78 is 27.2. The Morgan fingerprint density at radius 2 is 1.94 bits per heavy atom. The molecule has 2 aromatic rings. The Balaban J connectivity index is 2.44. The van der Waals surface area contributed by atoms with Gasteiger partial charge in [0.05, 0.1) is 10.5 Å². The predicted octanol–water partition coefficient (Wildman–Crippen LogP) is 2.96. The zero-order valence-electron chi connectivity index (χ0n) is 9.02. The van der Waals surface area contributed by atoms with Crippen molar-refractivity contribution in [2.45, 2.75) is 9.92 Å². The number of aromatic nitrogens is 1. The molecule has 2 rings (SSSR count). The van der Waals surface area contributed by atoms with E-state index in [9.17, 15) is 8.78 Å². The molecule has 0 aliphatic carbocycles. The van der Waals surface area contributed by atoms with Gasteiger partial charge in [-0.2, -0.15) is 5.26 Å². The smallest absolute Gasteiger partial charge is 0.142 e. The average Bonchev–Trinajstić information content (AvgIpc) is 2.34. The molecule has 0 atom stereocenters. The van der Waals surface area contributed by atoms with Crippen LogP contribution in [0.25, 0.3) is 0 Å². The topological polar surface area (TPSA) is 62.7 Å². The van der Waals surface area contributed by atoms with Crippen molar-refractivity contribution in [3.8, 4) is 6.07 Å². The molecule has 0 aliphatic heterocycles. The van der Waals surface area contributed by atoms with E-state index >= 15 is 0 Å². The molecule has 0 spiro atoms. The van der Waals surface area contributed by atoms with Crippen LogP contribution in [0, 0.1) is 23.0 Å². The summed E-state index contributed by atoms with van der Waals surface area (Å²) in [7, 11) is 0. The zero-order valence-corrected chi connectivity index (χ0v) is 9.84. The number of nitriles is 1. The predicted molar refractivity (Wildman–Crippen MR) is 63.8 cm³/mol. The minimum atomic E-state index is -0.771. The Morgan fingerprint density at radius 1 is 1.28 bits per heavy atom. The van der Waals surface area contributed by atoms with Crippen LogP contribution in [-0.4, -0.2) is 4.98 Å². The van der Waals surface area contributed by atoms with E-state index in [-0.39, 0.29) is 21.2 Å². The molecule has 0 bridgehead atoms. The van der Waals surface area contributed by atoms with Crippen molar-refractivity contribution >= 4 is 17.4 Å². The highest BCUT2D eigenvalue weighted by Gasteiger charge is 2.14. The minimum absolute atomic E-state index is 0.0101. The van der Waals surface area contributed by atoms with Crippen molar-refractivity contribution < 1.29 is 8.78 Å². The number of hydrogen-bond donors (Lipinski definition) is 1. The standard InChI is InChI=1S/C12H7F2N3S/c13-9-4-8(16)5-10(14)11(9)18-12-7(6-15)2-1-3-17-12/h1-5H,16H2. The third-order valence-corrected chi connectivity index (χ3v) is 3.22. The van der Waals surface area contributed by atoms with Gasteiger partial charge >= 0.3 is 0 Å². The largest absolute Gasteiger partial charge is 0.399 e. The number of nitrogens with zero attached hydrogens (tertiary/aromatic N) is 2. The highest BCUT2D eigenvalue weighted by atomic mass is 32.2. The summed E-state index contributed by atoms with van der Waals surface area (Å²) in [6, 6.07) is 7.08. The first kappa shape index (κ1) is 12.3. The number of halogens is 2. The molecule has 90 valence electrons.